The third kappa shape index (κ3) is 4.32. The lowest BCUT2D eigenvalue weighted by Gasteiger charge is -2.31. The first-order valence-corrected chi connectivity index (χ1v) is 11.1. The van der Waals surface area contributed by atoms with Crippen molar-refractivity contribution >= 4 is 25.8 Å². The van der Waals surface area contributed by atoms with E-state index in [4.69, 9.17) is 15.7 Å². The van der Waals surface area contributed by atoms with Gasteiger partial charge in [-0.3, -0.25) is 4.90 Å². The zero-order valence-electron chi connectivity index (χ0n) is 14.3. The summed E-state index contributed by atoms with van der Waals surface area (Å²) < 4.78 is 50.5. The lowest BCUT2D eigenvalue weighted by Crippen LogP contribution is -2.46. The Morgan fingerprint density at radius 1 is 1.40 bits per heavy atom. The van der Waals surface area contributed by atoms with Crippen LogP contribution in [-0.2, 0) is 15.3 Å². The van der Waals surface area contributed by atoms with Crippen molar-refractivity contribution in [2.45, 2.75) is 44.9 Å². The minimum atomic E-state index is -4.69. The number of hydrogen-bond acceptors (Lipinski definition) is 3. The second-order valence-electron chi connectivity index (χ2n) is 6.76. The Bertz CT molecular complexity index is 710. The topological polar surface area (TPSA) is 43.1 Å². The maximum Gasteiger partial charge on any atom is 0.414 e. The van der Waals surface area contributed by atoms with Gasteiger partial charge in [-0.2, -0.15) is 13.2 Å². The molecule has 1 aliphatic rings. The second kappa shape index (κ2) is 6.69. The molecule has 9 heteroatoms. The van der Waals surface area contributed by atoms with Crippen LogP contribution in [0.4, 0.5) is 29.3 Å². The number of ether oxygens (including phenoxy) is 1. The summed E-state index contributed by atoms with van der Waals surface area (Å²) in [5, 5.41) is 0. The fourth-order valence-corrected chi connectivity index (χ4v) is 3.99. The summed E-state index contributed by atoms with van der Waals surface area (Å²) in [7, 11) is -1.91. The summed E-state index contributed by atoms with van der Waals surface area (Å²) in [5.74, 6) is 0. The zero-order valence-corrected chi connectivity index (χ0v) is 15.3. The highest BCUT2D eigenvalue weighted by Crippen LogP contribution is 2.40. The highest BCUT2D eigenvalue weighted by molar-refractivity contribution is 6.69. The molecule has 25 heavy (non-hydrogen) atoms. The maximum atomic E-state index is 13.2. The molecule has 1 saturated heterocycles. The van der Waals surface area contributed by atoms with Gasteiger partial charge >= 0.3 is 12.3 Å². The molecule has 0 N–H and O–H groups in total. The summed E-state index contributed by atoms with van der Waals surface area (Å²) in [6, 6.07) is 2.68. The van der Waals surface area contributed by atoms with Gasteiger partial charge in [-0.05, 0) is 38.7 Å². The summed E-state index contributed by atoms with van der Waals surface area (Å²) in [4.78, 5) is 16.2. The Labute approximate surface area is 145 Å². The largest absolute Gasteiger partial charge is 0.447 e. The van der Waals surface area contributed by atoms with E-state index < -0.39 is 44.0 Å². The lowest BCUT2D eigenvalue weighted by molar-refractivity contribution is -0.136. The van der Waals surface area contributed by atoms with Gasteiger partial charge in [0.1, 0.15) is 6.61 Å². The molecule has 5 nitrogen and oxygen atoms in total. The number of nitrogens with zero attached hydrogens (tertiary/aromatic N) is 2. The fourth-order valence-electron chi connectivity index (χ4n) is 2.71. The van der Waals surface area contributed by atoms with Crippen molar-refractivity contribution in [2.24, 2.45) is 0 Å². The lowest BCUT2D eigenvalue weighted by atomic mass is 10.1. The summed E-state index contributed by atoms with van der Waals surface area (Å²) >= 11 is 0. The van der Waals surface area contributed by atoms with Crippen LogP contribution in [0.25, 0.3) is 4.85 Å². The predicted octanol–water partition coefficient (Wildman–Crippen LogP) is 4.82. The Balaban J connectivity index is 2.41. The number of benzene rings is 1. The van der Waals surface area contributed by atoms with Crippen molar-refractivity contribution in [3.63, 3.8) is 0 Å². The van der Waals surface area contributed by atoms with E-state index in [2.05, 4.69) is 4.85 Å². The molecule has 0 aromatic heterocycles. The van der Waals surface area contributed by atoms with E-state index in [1.807, 2.05) is 19.6 Å². The molecular formula is C16H19F3N2O3Si. The SMILES string of the molecule is [C-]#[N+]c1ccc(N2C(=O)OC[C@@H]2C(C)O[Si](C)(C)C)cc1C(F)(F)F. The first kappa shape index (κ1) is 19.3. The van der Waals surface area contributed by atoms with Crippen LogP contribution in [0.3, 0.4) is 0 Å². The van der Waals surface area contributed by atoms with E-state index >= 15 is 0 Å². The number of cyclic esters (lactones) is 1. The van der Waals surface area contributed by atoms with Gasteiger partial charge in [0.2, 0.25) is 0 Å². The molecule has 0 saturated carbocycles. The monoisotopic (exact) mass is 372 g/mol. The molecule has 1 aliphatic heterocycles. The molecule has 2 rings (SSSR count). The minimum absolute atomic E-state index is 0.0381. The van der Waals surface area contributed by atoms with Gasteiger partial charge in [0.25, 0.3) is 0 Å². The number of alkyl halides is 3. The number of anilines is 1. The van der Waals surface area contributed by atoms with Crippen LogP contribution in [0.1, 0.15) is 12.5 Å². The van der Waals surface area contributed by atoms with E-state index in [0.717, 1.165) is 12.1 Å². The Morgan fingerprint density at radius 2 is 2.04 bits per heavy atom. The quantitative estimate of drug-likeness (QED) is 0.562. The summed E-state index contributed by atoms with van der Waals surface area (Å²) in [6.45, 7) is 14.7. The normalized spacial score (nSPS) is 19.5. The number of halogens is 3. The van der Waals surface area contributed by atoms with Gasteiger partial charge in [0.05, 0.1) is 24.3 Å². The molecule has 1 aromatic carbocycles. The van der Waals surface area contributed by atoms with Crippen molar-refractivity contribution in [1.29, 1.82) is 0 Å². The van der Waals surface area contributed by atoms with Crippen LogP contribution in [0.15, 0.2) is 18.2 Å². The van der Waals surface area contributed by atoms with E-state index in [1.165, 1.54) is 11.0 Å². The Kier molecular flexibility index (Phi) is 5.16. The molecule has 0 radical (unpaired) electrons. The van der Waals surface area contributed by atoms with Crippen LogP contribution >= 0.6 is 0 Å². The van der Waals surface area contributed by atoms with Gasteiger partial charge in [0, 0.05) is 5.69 Å². The fraction of sp³-hybridized carbons (Fsp3) is 0.500. The minimum Gasteiger partial charge on any atom is -0.447 e. The molecule has 136 valence electrons. The average Bonchev–Trinajstić information content (AvgIpc) is 2.86. The highest BCUT2D eigenvalue weighted by atomic mass is 28.4. The molecule has 1 amide bonds. The summed E-state index contributed by atoms with van der Waals surface area (Å²) in [6.07, 6.45) is -5.80. The van der Waals surface area contributed by atoms with Crippen LogP contribution < -0.4 is 4.90 Å². The molecular weight excluding hydrogens is 353 g/mol. The average molecular weight is 372 g/mol. The number of carbonyl (C=O) groups is 1. The van der Waals surface area contributed by atoms with E-state index in [0.29, 0.717) is 0 Å². The second-order valence-corrected chi connectivity index (χ2v) is 11.2. The molecule has 1 unspecified atom stereocenters. The number of amides is 1. The van der Waals surface area contributed by atoms with Crippen molar-refractivity contribution < 1.29 is 27.1 Å². The van der Waals surface area contributed by atoms with Gasteiger partial charge in [0.15, 0.2) is 14.0 Å². The summed E-state index contributed by atoms with van der Waals surface area (Å²) in [5.41, 5.74) is -1.54. The van der Waals surface area contributed by atoms with Crippen molar-refractivity contribution in [2.75, 3.05) is 11.5 Å². The predicted molar refractivity (Wildman–Crippen MR) is 89.2 cm³/mol. The molecule has 1 heterocycles. The standard InChI is InChI=1S/C16H19F3N2O3Si/c1-10(24-25(3,4)5)14-9-23-15(22)21(14)11-6-7-13(20-2)12(8-11)16(17,18)19/h6-8,10,14H,9H2,1,3-5H3/t10?,14-/m1/s1. The van der Waals surface area contributed by atoms with Crippen molar-refractivity contribution in [3.05, 3.63) is 35.2 Å². The highest BCUT2D eigenvalue weighted by Gasteiger charge is 2.41. The number of hydrogen-bond donors (Lipinski definition) is 0. The van der Waals surface area contributed by atoms with Crippen LogP contribution in [0.5, 0.6) is 0 Å². The molecule has 1 aromatic rings. The van der Waals surface area contributed by atoms with Gasteiger partial charge in [-0.1, -0.05) is 6.07 Å². The van der Waals surface area contributed by atoms with E-state index in [1.54, 1.807) is 6.92 Å². The van der Waals surface area contributed by atoms with E-state index in [9.17, 15) is 18.0 Å². The molecule has 2 atom stereocenters. The Hall–Kier alpha value is -2.05. The third-order valence-corrected chi connectivity index (χ3v) is 4.75. The van der Waals surface area contributed by atoms with Gasteiger partial charge in [-0.15, -0.1) is 0 Å². The van der Waals surface area contributed by atoms with Crippen LogP contribution in [0, 0.1) is 6.57 Å². The molecule has 0 aliphatic carbocycles. The van der Waals surface area contributed by atoms with Crippen LogP contribution in [-0.4, -0.2) is 33.2 Å². The van der Waals surface area contributed by atoms with Crippen molar-refractivity contribution in [3.8, 4) is 0 Å². The smallest absolute Gasteiger partial charge is 0.414 e. The van der Waals surface area contributed by atoms with Crippen molar-refractivity contribution in [1.82, 2.24) is 0 Å². The molecule has 1 fully saturated rings. The Morgan fingerprint density at radius 3 is 2.56 bits per heavy atom. The maximum absolute atomic E-state index is 13.2. The first-order valence-electron chi connectivity index (χ1n) is 7.66. The van der Waals surface area contributed by atoms with E-state index in [-0.39, 0.29) is 12.3 Å². The zero-order chi connectivity index (χ0) is 19.0. The third-order valence-electron chi connectivity index (χ3n) is 3.67. The number of rotatable bonds is 4. The first-order chi connectivity index (χ1) is 11.4. The van der Waals surface area contributed by atoms with Crippen LogP contribution in [0.2, 0.25) is 19.6 Å². The van der Waals surface area contributed by atoms with Gasteiger partial charge in [-0.25, -0.2) is 9.64 Å². The molecule has 0 bridgehead atoms. The van der Waals surface area contributed by atoms with Gasteiger partial charge < -0.3 is 9.16 Å². The number of carbonyl (C=O) groups excluding carboxylic acids is 1. The molecule has 0 spiro atoms.